The van der Waals surface area contributed by atoms with E-state index in [0.29, 0.717) is 0 Å². The predicted molar refractivity (Wildman–Crippen MR) is 76.3 cm³/mol. The summed E-state index contributed by atoms with van der Waals surface area (Å²) in [7, 11) is 0. The van der Waals surface area contributed by atoms with E-state index in [1.54, 1.807) is 11.3 Å². The molecule has 1 N–H and O–H groups in total. The molecule has 17 heavy (non-hydrogen) atoms. The second-order valence-electron chi connectivity index (χ2n) is 4.42. The molecule has 2 rings (SSSR count). The van der Waals surface area contributed by atoms with Gasteiger partial charge in [0, 0.05) is 16.8 Å². The van der Waals surface area contributed by atoms with Crippen LogP contribution >= 0.6 is 27.3 Å². The maximum Gasteiger partial charge on any atom is 0.261 e. The normalized spacial score (nSPS) is 13.7. The first kappa shape index (κ1) is 13.1. The van der Waals surface area contributed by atoms with Crippen LogP contribution in [-0.2, 0) is 12.8 Å². The van der Waals surface area contributed by atoms with Crippen LogP contribution in [0.4, 0.5) is 0 Å². The van der Waals surface area contributed by atoms with E-state index in [4.69, 9.17) is 0 Å². The van der Waals surface area contributed by atoms with Crippen molar-refractivity contribution >= 4 is 33.2 Å². The smallest absolute Gasteiger partial charge is 0.261 e. The maximum absolute atomic E-state index is 11.9. The minimum atomic E-state index is 0.114. The molecular formula is C13H18BrNOS. The number of hydrogen-bond donors (Lipinski definition) is 1. The van der Waals surface area contributed by atoms with Crippen molar-refractivity contribution in [1.29, 1.82) is 0 Å². The zero-order valence-electron chi connectivity index (χ0n) is 9.93. The van der Waals surface area contributed by atoms with E-state index in [0.717, 1.165) is 29.6 Å². The Morgan fingerprint density at radius 3 is 3.00 bits per heavy atom. The van der Waals surface area contributed by atoms with Gasteiger partial charge in [0.05, 0.1) is 4.88 Å². The lowest BCUT2D eigenvalue weighted by Crippen LogP contribution is -2.23. The van der Waals surface area contributed by atoms with Gasteiger partial charge in [0.15, 0.2) is 0 Å². The maximum atomic E-state index is 11.9. The summed E-state index contributed by atoms with van der Waals surface area (Å²) in [6.07, 6.45) is 7.01. The van der Waals surface area contributed by atoms with E-state index in [9.17, 15) is 4.79 Å². The highest BCUT2D eigenvalue weighted by Crippen LogP contribution is 2.30. The molecule has 1 aliphatic rings. The number of fused-ring (bicyclic) bond motifs is 1. The summed E-state index contributed by atoms with van der Waals surface area (Å²) in [6.45, 7) is 0.800. The van der Waals surface area contributed by atoms with E-state index < -0.39 is 0 Å². The summed E-state index contributed by atoms with van der Waals surface area (Å²) >= 11 is 5.09. The summed E-state index contributed by atoms with van der Waals surface area (Å²) in [5.41, 5.74) is 1.40. The number of rotatable bonds is 6. The summed E-state index contributed by atoms with van der Waals surface area (Å²) < 4.78 is 0. The van der Waals surface area contributed by atoms with Crippen LogP contribution < -0.4 is 5.32 Å². The number of hydrogen-bond acceptors (Lipinski definition) is 2. The number of thiophene rings is 1. The zero-order valence-corrected chi connectivity index (χ0v) is 12.3. The van der Waals surface area contributed by atoms with Gasteiger partial charge in [-0.25, -0.2) is 0 Å². The predicted octanol–water partition coefficient (Wildman–Crippen LogP) is 3.53. The molecule has 1 aliphatic carbocycles. The number of carbonyl (C=O) groups excluding carboxylic acids is 1. The highest BCUT2D eigenvalue weighted by molar-refractivity contribution is 9.09. The molecule has 0 fully saturated rings. The highest BCUT2D eigenvalue weighted by Gasteiger charge is 2.17. The van der Waals surface area contributed by atoms with Crippen LogP contribution in [0.3, 0.4) is 0 Å². The van der Waals surface area contributed by atoms with Crippen molar-refractivity contribution in [2.45, 2.75) is 38.5 Å². The minimum Gasteiger partial charge on any atom is -0.351 e. The first-order valence-electron chi connectivity index (χ1n) is 6.27. The number of aryl methyl sites for hydroxylation is 2. The second kappa shape index (κ2) is 6.55. The Bertz CT molecular complexity index is 367. The van der Waals surface area contributed by atoms with Crippen LogP contribution in [0.15, 0.2) is 6.07 Å². The molecular weight excluding hydrogens is 298 g/mol. The summed E-state index contributed by atoms with van der Waals surface area (Å²) in [5.74, 6) is 0.114. The van der Waals surface area contributed by atoms with Crippen LogP contribution in [0.25, 0.3) is 0 Å². The van der Waals surface area contributed by atoms with Gasteiger partial charge in [0.1, 0.15) is 0 Å². The van der Waals surface area contributed by atoms with Gasteiger partial charge in [-0.2, -0.15) is 0 Å². The number of nitrogens with one attached hydrogen (secondary N) is 1. The number of amides is 1. The Morgan fingerprint density at radius 2 is 2.24 bits per heavy atom. The number of carbonyl (C=O) groups is 1. The molecule has 0 atom stereocenters. The number of halogens is 1. The van der Waals surface area contributed by atoms with Gasteiger partial charge in [0.2, 0.25) is 0 Å². The standard InChI is InChI=1S/C13H18BrNOS/c14-7-2-1-3-8-15-13(16)12-9-10-5-4-6-11(10)17-12/h9H,1-8H2,(H,15,16). The fourth-order valence-electron chi connectivity index (χ4n) is 2.13. The molecule has 94 valence electrons. The Morgan fingerprint density at radius 1 is 1.35 bits per heavy atom. The first-order valence-corrected chi connectivity index (χ1v) is 8.21. The molecule has 0 saturated carbocycles. The average Bonchev–Trinajstić information content (AvgIpc) is 2.88. The van der Waals surface area contributed by atoms with Crippen molar-refractivity contribution in [3.05, 3.63) is 21.4 Å². The van der Waals surface area contributed by atoms with Crippen molar-refractivity contribution in [3.8, 4) is 0 Å². The Labute approximate surface area is 115 Å². The molecule has 0 aromatic carbocycles. The Balaban J connectivity index is 1.75. The van der Waals surface area contributed by atoms with Crippen molar-refractivity contribution in [2.75, 3.05) is 11.9 Å². The van der Waals surface area contributed by atoms with Crippen molar-refractivity contribution in [2.24, 2.45) is 0 Å². The second-order valence-corrected chi connectivity index (χ2v) is 6.35. The van der Waals surface area contributed by atoms with E-state index in [1.165, 1.54) is 36.1 Å². The van der Waals surface area contributed by atoms with Crippen molar-refractivity contribution in [1.82, 2.24) is 5.32 Å². The largest absolute Gasteiger partial charge is 0.351 e. The van der Waals surface area contributed by atoms with E-state index >= 15 is 0 Å². The van der Waals surface area contributed by atoms with Crippen LogP contribution in [-0.4, -0.2) is 17.8 Å². The first-order chi connectivity index (χ1) is 8.31. The molecule has 0 unspecified atom stereocenters. The third-order valence-electron chi connectivity index (χ3n) is 3.07. The lowest BCUT2D eigenvalue weighted by atomic mass is 10.2. The third-order valence-corrected chi connectivity index (χ3v) is 4.86. The van der Waals surface area contributed by atoms with E-state index in [2.05, 4.69) is 27.3 Å². The SMILES string of the molecule is O=C(NCCCCCBr)c1cc2c(s1)CCC2. The van der Waals surface area contributed by atoms with Gasteiger partial charge < -0.3 is 5.32 Å². The minimum absolute atomic E-state index is 0.114. The molecule has 0 radical (unpaired) electrons. The summed E-state index contributed by atoms with van der Waals surface area (Å²) in [6, 6.07) is 2.08. The van der Waals surface area contributed by atoms with Gasteiger partial charge in [-0.05, 0) is 43.7 Å². The van der Waals surface area contributed by atoms with E-state index in [-0.39, 0.29) is 5.91 Å². The molecule has 0 aliphatic heterocycles. The Kier molecular flexibility index (Phi) is 5.04. The van der Waals surface area contributed by atoms with Crippen LogP contribution in [0, 0.1) is 0 Å². The zero-order chi connectivity index (χ0) is 12.1. The molecule has 1 heterocycles. The van der Waals surface area contributed by atoms with Gasteiger partial charge in [-0.1, -0.05) is 22.4 Å². The molecule has 0 bridgehead atoms. The van der Waals surface area contributed by atoms with Gasteiger partial charge >= 0.3 is 0 Å². The van der Waals surface area contributed by atoms with Crippen molar-refractivity contribution in [3.63, 3.8) is 0 Å². The fourth-order valence-corrected chi connectivity index (χ4v) is 3.69. The lowest BCUT2D eigenvalue weighted by Gasteiger charge is -2.02. The number of unbranched alkanes of at least 4 members (excludes halogenated alkanes) is 2. The van der Waals surface area contributed by atoms with E-state index in [1.807, 2.05) is 0 Å². The quantitative estimate of drug-likeness (QED) is 0.631. The molecule has 4 heteroatoms. The van der Waals surface area contributed by atoms with Crippen molar-refractivity contribution < 1.29 is 4.79 Å². The molecule has 2 nitrogen and oxygen atoms in total. The molecule has 1 aromatic rings. The van der Waals surface area contributed by atoms with Gasteiger partial charge in [-0.3, -0.25) is 4.79 Å². The summed E-state index contributed by atoms with van der Waals surface area (Å²) in [4.78, 5) is 14.2. The fraction of sp³-hybridized carbons (Fsp3) is 0.615. The topological polar surface area (TPSA) is 29.1 Å². The van der Waals surface area contributed by atoms with Crippen LogP contribution in [0.1, 0.15) is 45.8 Å². The van der Waals surface area contributed by atoms with Crippen LogP contribution in [0.2, 0.25) is 0 Å². The molecule has 1 amide bonds. The molecule has 0 spiro atoms. The lowest BCUT2D eigenvalue weighted by molar-refractivity contribution is 0.0957. The monoisotopic (exact) mass is 315 g/mol. The molecule has 1 aromatic heterocycles. The van der Waals surface area contributed by atoms with Gasteiger partial charge in [-0.15, -0.1) is 11.3 Å². The average molecular weight is 316 g/mol. The van der Waals surface area contributed by atoms with Crippen LogP contribution in [0.5, 0.6) is 0 Å². The molecule has 0 saturated heterocycles. The summed E-state index contributed by atoms with van der Waals surface area (Å²) in [5, 5.41) is 4.06. The Hall–Kier alpha value is -0.350. The third kappa shape index (κ3) is 3.55. The van der Waals surface area contributed by atoms with Gasteiger partial charge in [0.25, 0.3) is 5.91 Å². The highest BCUT2D eigenvalue weighted by atomic mass is 79.9. The number of alkyl halides is 1.